The highest BCUT2D eigenvalue weighted by molar-refractivity contribution is 9.10. The second kappa shape index (κ2) is 4.97. The third-order valence-electron chi connectivity index (χ3n) is 2.61. The van der Waals surface area contributed by atoms with E-state index in [1.807, 2.05) is 6.07 Å². The first kappa shape index (κ1) is 12.5. The average Bonchev–Trinajstić information content (AvgIpc) is 2.44. The van der Waals surface area contributed by atoms with E-state index in [1.54, 1.807) is 11.3 Å². The molecule has 0 radical (unpaired) electrons. The Hall–Kier alpha value is 0.430. The van der Waals surface area contributed by atoms with Crippen LogP contribution in [-0.2, 0) is 0 Å². The molecular formula is C10H15BrClNS. The van der Waals surface area contributed by atoms with Crippen LogP contribution in [0.25, 0.3) is 0 Å². The number of hydrogen-bond donors (Lipinski definition) is 1. The topological polar surface area (TPSA) is 26.0 Å². The highest BCUT2D eigenvalue weighted by Crippen LogP contribution is 2.37. The predicted octanol–water partition coefficient (Wildman–Crippen LogP) is 4.46. The molecule has 0 spiro atoms. The van der Waals surface area contributed by atoms with Crippen LogP contribution in [0.15, 0.2) is 10.5 Å². The molecule has 4 heteroatoms. The Morgan fingerprint density at radius 2 is 2.00 bits per heavy atom. The summed E-state index contributed by atoms with van der Waals surface area (Å²) in [5.74, 6) is 1.06. The average molecular weight is 297 g/mol. The monoisotopic (exact) mass is 295 g/mol. The van der Waals surface area contributed by atoms with E-state index in [0.29, 0.717) is 11.8 Å². The van der Waals surface area contributed by atoms with Crippen LogP contribution in [0.5, 0.6) is 0 Å². The van der Waals surface area contributed by atoms with Gasteiger partial charge in [0.05, 0.1) is 0 Å². The highest BCUT2D eigenvalue weighted by atomic mass is 79.9. The molecule has 0 saturated carbocycles. The Kier molecular flexibility index (Phi) is 4.44. The first-order valence-electron chi connectivity index (χ1n) is 4.63. The summed E-state index contributed by atoms with van der Waals surface area (Å²) in [6.07, 6.45) is 0. The van der Waals surface area contributed by atoms with Crippen LogP contribution in [0.3, 0.4) is 0 Å². The van der Waals surface area contributed by atoms with Crippen molar-refractivity contribution in [3.05, 3.63) is 19.8 Å². The largest absolute Gasteiger partial charge is 0.323 e. The van der Waals surface area contributed by atoms with E-state index in [1.165, 1.54) is 0 Å². The van der Waals surface area contributed by atoms with Gasteiger partial charge in [0.15, 0.2) is 0 Å². The SMILES string of the molecule is CC(C)C(C)C(N)c1cc(Br)c(Cl)s1. The molecule has 0 aliphatic heterocycles. The summed E-state index contributed by atoms with van der Waals surface area (Å²) in [6, 6.07) is 2.11. The van der Waals surface area contributed by atoms with Gasteiger partial charge in [-0.3, -0.25) is 0 Å². The molecule has 0 aromatic carbocycles. The van der Waals surface area contributed by atoms with Gasteiger partial charge in [0.1, 0.15) is 4.34 Å². The quantitative estimate of drug-likeness (QED) is 0.876. The van der Waals surface area contributed by atoms with Crippen molar-refractivity contribution < 1.29 is 0 Å². The third kappa shape index (κ3) is 2.72. The van der Waals surface area contributed by atoms with Gasteiger partial charge in [-0.2, -0.15) is 0 Å². The lowest BCUT2D eigenvalue weighted by Gasteiger charge is -2.22. The van der Waals surface area contributed by atoms with Crippen LogP contribution in [0.2, 0.25) is 4.34 Å². The molecule has 80 valence electrons. The molecule has 1 aromatic heterocycles. The Bertz CT molecular complexity index is 292. The van der Waals surface area contributed by atoms with Gasteiger partial charge in [-0.05, 0) is 33.8 Å². The number of rotatable bonds is 3. The lowest BCUT2D eigenvalue weighted by atomic mass is 9.90. The van der Waals surface area contributed by atoms with Crippen molar-refractivity contribution >= 4 is 38.9 Å². The minimum atomic E-state index is 0.0869. The van der Waals surface area contributed by atoms with E-state index in [0.717, 1.165) is 13.7 Å². The molecule has 1 aromatic rings. The molecule has 2 atom stereocenters. The molecule has 14 heavy (non-hydrogen) atoms. The maximum absolute atomic E-state index is 6.15. The lowest BCUT2D eigenvalue weighted by Crippen LogP contribution is -2.22. The summed E-state index contributed by atoms with van der Waals surface area (Å²) in [5, 5.41) is 0. The highest BCUT2D eigenvalue weighted by Gasteiger charge is 2.20. The Labute approximate surface area is 103 Å². The molecular weight excluding hydrogens is 282 g/mol. The number of hydrogen-bond acceptors (Lipinski definition) is 2. The van der Waals surface area contributed by atoms with Crippen LogP contribution in [0.4, 0.5) is 0 Å². The van der Waals surface area contributed by atoms with Gasteiger partial charge in [-0.25, -0.2) is 0 Å². The van der Waals surface area contributed by atoms with Crippen molar-refractivity contribution in [2.45, 2.75) is 26.8 Å². The van der Waals surface area contributed by atoms with Gasteiger partial charge < -0.3 is 5.73 Å². The summed E-state index contributed by atoms with van der Waals surface area (Å²) in [5.41, 5.74) is 6.15. The van der Waals surface area contributed by atoms with Gasteiger partial charge in [-0.15, -0.1) is 11.3 Å². The number of nitrogens with two attached hydrogens (primary N) is 1. The van der Waals surface area contributed by atoms with E-state index in [9.17, 15) is 0 Å². The standard InChI is InChI=1S/C10H15BrClNS/c1-5(2)6(3)9(13)8-4-7(11)10(12)14-8/h4-6,9H,13H2,1-3H3. The molecule has 1 heterocycles. The fraction of sp³-hybridized carbons (Fsp3) is 0.600. The molecule has 0 saturated heterocycles. The third-order valence-corrected chi connectivity index (χ3v) is 5.19. The maximum atomic E-state index is 6.15. The summed E-state index contributed by atoms with van der Waals surface area (Å²) in [7, 11) is 0. The minimum Gasteiger partial charge on any atom is -0.323 e. The zero-order valence-electron chi connectivity index (χ0n) is 8.55. The van der Waals surface area contributed by atoms with Crippen molar-refractivity contribution in [1.29, 1.82) is 0 Å². The minimum absolute atomic E-state index is 0.0869. The van der Waals surface area contributed by atoms with E-state index in [-0.39, 0.29) is 6.04 Å². The molecule has 0 bridgehead atoms. The Balaban J connectivity index is 2.83. The van der Waals surface area contributed by atoms with E-state index >= 15 is 0 Å². The Morgan fingerprint density at radius 3 is 2.36 bits per heavy atom. The van der Waals surface area contributed by atoms with Crippen molar-refractivity contribution in [3.63, 3.8) is 0 Å². The van der Waals surface area contributed by atoms with Gasteiger partial charge >= 0.3 is 0 Å². The molecule has 1 rings (SSSR count). The lowest BCUT2D eigenvalue weighted by molar-refractivity contribution is 0.355. The van der Waals surface area contributed by atoms with Crippen LogP contribution in [0.1, 0.15) is 31.7 Å². The van der Waals surface area contributed by atoms with E-state index in [4.69, 9.17) is 17.3 Å². The van der Waals surface area contributed by atoms with E-state index in [2.05, 4.69) is 36.7 Å². The summed E-state index contributed by atoms with van der Waals surface area (Å²) >= 11 is 10.9. The van der Waals surface area contributed by atoms with Crippen LogP contribution in [0, 0.1) is 11.8 Å². The molecule has 0 fully saturated rings. The molecule has 0 aliphatic rings. The van der Waals surface area contributed by atoms with Crippen molar-refractivity contribution in [3.8, 4) is 0 Å². The molecule has 2 unspecified atom stereocenters. The molecule has 1 nitrogen and oxygen atoms in total. The van der Waals surface area contributed by atoms with Gasteiger partial charge in [0.25, 0.3) is 0 Å². The second-order valence-electron chi connectivity index (χ2n) is 3.90. The summed E-state index contributed by atoms with van der Waals surface area (Å²) in [6.45, 7) is 6.56. The fourth-order valence-electron chi connectivity index (χ4n) is 1.20. The van der Waals surface area contributed by atoms with Crippen molar-refractivity contribution in [2.24, 2.45) is 17.6 Å². The predicted molar refractivity (Wildman–Crippen MR) is 68.0 cm³/mol. The smallest absolute Gasteiger partial charge is 0.107 e. The summed E-state index contributed by atoms with van der Waals surface area (Å²) < 4.78 is 1.73. The zero-order chi connectivity index (χ0) is 10.9. The number of halogens is 2. The second-order valence-corrected chi connectivity index (χ2v) is 6.44. The van der Waals surface area contributed by atoms with Crippen LogP contribution < -0.4 is 5.73 Å². The van der Waals surface area contributed by atoms with Crippen molar-refractivity contribution in [1.82, 2.24) is 0 Å². The number of thiophene rings is 1. The van der Waals surface area contributed by atoms with Gasteiger partial charge in [0.2, 0.25) is 0 Å². The fourth-order valence-corrected chi connectivity index (χ4v) is 3.06. The Morgan fingerprint density at radius 1 is 1.43 bits per heavy atom. The zero-order valence-corrected chi connectivity index (χ0v) is 11.7. The first-order chi connectivity index (χ1) is 6.43. The summed E-state index contributed by atoms with van der Waals surface area (Å²) in [4.78, 5) is 1.16. The first-order valence-corrected chi connectivity index (χ1v) is 6.62. The van der Waals surface area contributed by atoms with Gasteiger partial charge in [-0.1, -0.05) is 32.4 Å². The molecule has 0 amide bonds. The van der Waals surface area contributed by atoms with Gasteiger partial charge in [0, 0.05) is 15.4 Å². The molecule has 0 aliphatic carbocycles. The molecule has 2 N–H and O–H groups in total. The van der Waals surface area contributed by atoms with E-state index < -0.39 is 0 Å². The van der Waals surface area contributed by atoms with Crippen molar-refractivity contribution in [2.75, 3.05) is 0 Å². The maximum Gasteiger partial charge on any atom is 0.107 e. The van der Waals surface area contributed by atoms with Crippen LogP contribution in [-0.4, -0.2) is 0 Å². The van der Waals surface area contributed by atoms with Crippen LogP contribution >= 0.6 is 38.9 Å². The normalized spacial score (nSPS) is 15.9.